The number of hydrogen-bond donors (Lipinski definition) is 0. The smallest absolute Gasteiger partial charge is 0.132 e. The molecule has 0 saturated heterocycles. The molecule has 1 heterocycles. The SMILES string of the molecule is N#Cc1cncc2c(F)cccc12. The van der Waals surface area contributed by atoms with Crippen LogP contribution >= 0.6 is 0 Å². The molecule has 2 rings (SSSR count). The predicted octanol–water partition coefficient (Wildman–Crippen LogP) is 2.25. The third kappa shape index (κ3) is 1.13. The highest BCUT2D eigenvalue weighted by atomic mass is 19.1. The molecule has 0 atom stereocenters. The van der Waals surface area contributed by atoms with E-state index in [9.17, 15) is 4.39 Å². The van der Waals surface area contributed by atoms with Crippen molar-refractivity contribution in [1.29, 1.82) is 5.26 Å². The van der Waals surface area contributed by atoms with Gasteiger partial charge in [-0.2, -0.15) is 5.26 Å². The van der Waals surface area contributed by atoms with E-state index in [0.717, 1.165) is 0 Å². The summed E-state index contributed by atoms with van der Waals surface area (Å²) in [6.45, 7) is 0. The molecule has 0 radical (unpaired) electrons. The molecule has 13 heavy (non-hydrogen) atoms. The van der Waals surface area contributed by atoms with Crippen molar-refractivity contribution in [2.75, 3.05) is 0 Å². The van der Waals surface area contributed by atoms with Crippen LogP contribution in [0.25, 0.3) is 10.8 Å². The first-order valence-electron chi connectivity index (χ1n) is 3.75. The molecule has 0 unspecified atom stereocenters. The largest absolute Gasteiger partial charge is 0.263 e. The molecule has 3 heteroatoms. The Kier molecular flexibility index (Phi) is 1.67. The highest BCUT2D eigenvalue weighted by molar-refractivity contribution is 5.87. The maximum Gasteiger partial charge on any atom is 0.132 e. The summed E-state index contributed by atoms with van der Waals surface area (Å²) < 4.78 is 13.2. The molecule has 0 saturated carbocycles. The molecular weight excluding hydrogens is 167 g/mol. The minimum Gasteiger partial charge on any atom is -0.263 e. The van der Waals surface area contributed by atoms with Crippen LogP contribution in [0.3, 0.4) is 0 Å². The number of hydrogen-bond acceptors (Lipinski definition) is 2. The van der Waals surface area contributed by atoms with E-state index in [1.165, 1.54) is 18.5 Å². The highest BCUT2D eigenvalue weighted by Gasteiger charge is 2.03. The van der Waals surface area contributed by atoms with Gasteiger partial charge < -0.3 is 0 Å². The highest BCUT2D eigenvalue weighted by Crippen LogP contribution is 2.19. The summed E-state index contributed by atoms with van der Waals surface area (Å²) >= 11 is 0. The van der Waals surface area contributed by atoms with Crippen molar-refractivity contribution >= 4 is 10.8 Å². The van der Waals surface area contributed by atoms with Crippen molar-refractivity contribution in [2.45, 2.75) is 0 Å². The second kappa shape index (κ2) is 2.83. The standard InChI is InChI=1S/C10H5FN2/c11-10-3-1-2-8-7(4-12)5-13-6-9(8)10/h1-3,5-6H. The number of fused-ring (bicyclic) bond motifs is 1. The monoisotopic (exact) mass is 172 g/mol. The fraction of sp³-hybridized carbons (Fsp3) is 0. The molecule has 0 spiro atoms. The van der Waals surface area contributed by atoms with E-state index in [1.54, 1.807) is 12.1 Å². The average molecular weight is 172 g/mol. The van der Waals surface area contributed by atoms with Gasteiger partial charge in [0.2, 0.25) is 0 Å². The Bertz CT molecular complexity index is 500. The number of pyridine rings is 1. The van der Waals surface area contributed by atoms with Crippen molar-refractivity contribution in [3.63, 3.8) is 0 Å². The molecule has 0 fully saturated rings. The summed E-state index contributed by atoms with van der Waals surface area (Å²) in [5, 5.41) is 9.71. The fourth-order valence-electron chi connectivity index (χ4n) is 1.25. The van der Waals surface area contributed by atoms with Crippen LogP contribution in [0.2, 0.25) is 0 Å². The summed E-state index contributed by atoms with van der Waals surface area (Å²) in [6.07, 6.45) is 2.85. The Balaban J connectivity index is 2.94. The number of nitriles is 1. The van der Waals surface area contributed by atoms with Gasteiger partial charge in [-0.3, -0.25) is 4.98 Å². The van der Waals surface area contributed by atoms with Gasteiger partial charge in [0.15, 0.2) is 0 Å². The van der Waals surface area contributed by atoms with Gasteiger partial charge in [0.25, 0.3) is 0 Å². The van der Waals surface area contributed by atoms with Gasteiger partial charge in [0, 0.05) is 23.2 Å². The second-order valence-electron chi connectivity index (χ2n) is 2.63. The van der Waals surface area contributed by atoms with E-state index in [2.05, 4.69) is 4.98 Å². The molecular formula is C10H5FN2. The Morgan fingerprint density at radius 1 is 1.23 bits per heavy atom. The molecule has 2 aromatic rings. The van der Waals surface area contributed by atoms with Crippen molar-refractivity contribution in [1.82, 2.24) is 4.98 Å². The molecule has 1 aromatic heterocycles. The van der Waals surface area contributed by atoms with Crippen molar-refractivity contribution < 1.29 is 4.39 Å². The summed E-state index contributed by atoms with van der Waals surface area (Å²) in [5.41, 5.74) is 0.400. The molecule has 0 bridgehead atoms. The van der Waals surface area contributed by atoms with Crippen LogP contribution in [0.5, 0.6) is 0 Å². The zero-order valence-electron chi connectivity index (χ0n) is 6.66. The summed E-state index contributed by atoms with van der Waals surface area (Å²) in [7, 11) is 0. The Morgan fingerprint density at radius 3 is 2.85 bits per heavy atom. The molecule has 0 aliphatic carbocycles. The van der Waals surface area contributed by atoms with Crippen LogP contribution in [0.15, 0.2) is 30.6 Å². The summed E-state index contributed by atoms with van der Waals surface area (Å²) in [6, 6.07) is 6.61. The number of benzene rings is 1. The first kappa shape index (κ1) is 7.69. The Hall–Kier alpha value is -1.95. The number of aromatic nitrogens is 1. The van der Waals surface area contributed by atoms with Crippen molar-refractivity contribution in [2.24, 2.45) is 0 Å². The van der Waals surface area contributed by atoms with E-state index < -0.39 is 0 Å². The van der Waals surface area contributed by atoms with Crippen LogP contribution in [-0.2, 0) is 0 Å². The van der Waals surface area contributed by atoms with Crippen LogP contribution in [0.1, 0.15) is 5.56 Å². The van der Waals surface area contributed by atoms with Gasteiger partial charge in [-0.05, 0) is 6.07 Å². The lowest BCUT2D eigenvalue weighted by atomic mass is 10.1. The third-order valence-corrected chi connectivity index (χ3v) is 1.87. The normalized spacial score (nSPS) is 9.85. The van der Waals surface area contributed by atoms with Gasteiger partial charge in [-0.15, -0.1) is 0 Å². The van der Waals surface area contributed by atoms with Crippen molar-refractivity contribution in [3.8, 4) is 6.07 Å². The summed E-state index contributed by atoms with van der Waals surface area (Å²) in [4.78, 5) is 3.78. The number of rotatable bonds is 0. The predicted molar refractivity (Wildman–Crippen MR) is 46.4 cm³/mol. The summed E-state index contributed by atoms with van der Waals surface area (Å²) in [5.74, 6) is -0.345. The molecule has 0 aliphatic heterocycles. The molecule has 2 nitrogen and oxygen atoms in total. The van der Waals surface area contributed by atoms with Gasteiger partial charge in [-0.25, -0.2) is 4.39 Å². The maximum absolute atomic E-state index is 13.2. The quantitative estimate of drug-likeness (QED) is 0.611. The fourth-order valence-corrected chi connectivity index (χ4v) is 1.25. The van der Waals surface area contributed by atoms with Crippen LogP contribution in [-0.4, -0.2) is 4.98 Å². The van der Waals surface area contributed by atoms with E-state index in [-0.39, 0.29) is 5.82 Å². The number of halogens is 1. The van der Waals surface area contributed by atoms with Gasteiger partial charge in [-0.1, -0.05) is 12.1 Å². The van der Waals surface area contributed by atoms with Crippen LogP contribution in [0.4, 0.5) is 4.39 Å². The van der Waals surface area contributed by atoms with Crippen molar-refractivity contribution in [3.05, 3.63) is 42.0 Å². The number of nitrogens with zero attached hydrogens (tertiary/aromatic N) is 2. The first-order chi connectivity index (χ1) is 6.33. The lowest BCUT2D eigenvalue weighted by Crippen LogP contribution is -1.85. The first-order valence-corrected chi connectivity index (χ1v) is 3.75. The zero-order valence-corrected chi connectivity index (χ0v) is 6.66. The molecule has 0 aliphatic rings. The minimum atomic E-state index is -0.345. The van der Waals surface area contributed by atoms with E-state index in [0.29, 0.717) is 16.3 Å². The molecule has 0 amide bonds. The maximum atomic E-state index is 13.2. The molecule has 1 aromatic carbocycles. The average Bonchev–Trinajstić information content (AvgIpc) is 2.18. The minimum absolute atomic E-state index is 0.345. The van der Waals surface area contributed by atoms with Crippen LogP contribution < -0.4 is 0 Å². The van der Waals surface area contributed by atoms with Gasteiger partial charge >= 0.3 is 0 Å². The second-order valence-corrected chi connectivity index (χ2v) is 2.63. The molecule has 62 valence electrons. The van der Waals surface area contributed by atoms with Crippen LogP contribution in [0, 0.1) is 17.1 Å². The van der Waals surface area contributed by atoms with E-state index in [1.807, 2.05) is 6.07 Å². The lowest BCUT2D eigenvalue weighted by Gasteiger charge is -1.98. The molecule has 0 N–H and O–H groups in total. The van der Waals surface area contributed by atoms with E-state index >= 15 is 0 Å². The van der Waals surface area contributed by atoms with Gasteiger partial charge in [0.1, 0.15) is 11.9 Å². The lowest BCUT2D eigenvalue weighted by molar-refractivity contribution is 0.639. The van der Waals surface area contributed by atoms with E-state index in [4.69, 9.17) is 5.26 Å². The Morgan fingerprint density at radius 2 is 2.08 bits per heavy atom. The zero-order chi connectivity index (χ0) is 9.26. The topological polar surface area (TPSA) is 36.7 Å². The Labute approximate surface area is 74.3 Å². The van der Waals surface area contributed by atoms with Gasteiger partial charge in [0.05, 0.1) is 5.56 Å². The third-order valence-electron chi connectivity index (χ3n) is 1.87.